The zero-order valence-corrected chi connectivity index (χ0v) is 15.7. The highest BCUT2D eigenvalue weighted by Gasteiger charge is 2.10. The first-order valence-corrected chi connectivity index (χ1v) is 8.73. The van der Waals surface area contributed by atoms with Crippen molar-refractivity contribution in [3.05, 3.63) is 63.6 Å². The number of halogens is 1. The van der Waals surface area contributed by atoms with Crippen LogP contribution in [0.15, 0.2) is 53.1 Å². The van der Waals surface area contributed by atoms with Crippen molar-refractivity contribution in [3.63, 3.8) is 0 Å². The summed E-state index contributed by atoms with van der Waals surface area (Å²) in [6.07, 6.45) is 0. The molecular formula is C18H16IN3O3. The lowest BCUT2D eigenvalue weighted by molar-refractivity contribution is -0.123. The molecule has 0 bridgehead atoms. The Bertz CT molecular complexity index is 862. The number of aryl methyl sites for hydroxylation is 1. The standard InChI is InChI=1S/C18H16IN3O3/c1-12-3-2-4-13(9-12)18-21-17(25-22-18)10-20-16(23)11-24-15-7-5-14(19)6-8-15/h2-9H,10-11H2,1H3,(H,20,23). The van der Waals surface area contributed by atoms with Crippen LogP contribution < -0.4 is 10.1 Å². The number of aromatic nitrogens is 2. The Morgan fingerprint density at radius 2 is 2.04 bits per heavy atom. The van der Waals surface area contributed by atoms with E-state index in [-0.39, 0.29) is 19.1 Å². The second-order valence-electron chi connectivity index (χ2n) is 5.40. The fourth-order valence-electron chi connectivity index (χ4n) is 2.13. The van der Waals surface area contributed by atoms with Gasteiger partial charge in [-0.2, -0.15) is 4.98 Å². The Morgan fingerprint density at radius 3 is 2.80 bits per heavy atom. The second kappa shape index (κ2) is 8.11. The van der Waals surface area contributed by atoms with Crippen LogP contribution in [0.1, 0.15) is 11.5 Å². The largest absolute Gasteiger partial charge is 0.484 e. The molecule has 1 heterocycles. The van der Waals surface area contributed by atoms with E-state index in [9.17, 15) is 4.79 Å². The lowest BCUT2D eigenvalue weighted by atomic mass is 10.1. The number of hydrogen-bond donors (Lipinski definition) is 1. The van der Waals surface area contributed by atoms with E-state index >= 15 is 0 Å². The Labute approximate surface area is 158 Å². The molecule has 7 heteroatoms. The zero-order chi connectivity index (χ0) is 17.6. The van der Waals surface area contributed by atoms with Crippen molar-refractivity contribution in [2.45, 2.75) is 13.5 Å². The molecule has 1 amide bonds. The van der Waals surface area contributed by atoms with E-state index in [0.29, 0.717) is 17.5 Å². The minimum absolute atomic E-state index is 0.0700. The smallest absolute Gasteiger partial charge is 0.258 e. The van der Waals surface area contributed by atoms with Crippen molar-refractivity contribution in [3.8, 4) is 17.1 Å². The van der Waals surface area contributed by atoms with Crippen molar-refractivity contribution in [1.82, 2.24) is 15.5 Å². The predicted octanol–water partition coefficient (Wildman–Crippen LogP) is 3.34. The number of hydrogen-bond acceptors (Lipinski definition) is 5. The highest BCUT2D eigenvalue weighted by Crippen LogP contribution is 2.17. The van der Waals surface area contributed by atoms with Crippen LogP contribution in [0, 0.1) is 10.5 Å². The molecule has 25 heavy (non-hydrogen) atoms. The molecule has 3 rings (SSSR count). The molecule has 6 nitrogen and oxygen atoms in total. The van der Waals surface area contributed by atoms with E-state index in [1.54, 1.807) is 0 Å². The van der Waals surface area contributed by atoms with Gasteiger partial charge in [-0.1, -0.05) is 28.9 Å². The molecule has 0 aliphatic heterocycles. The molecule has 0 saturated carbocycles. The Balaban J connectivity index is 1.50. The topological polar surface area (TPSA) is 77.2 Å². The fraction of sp³-hybridized carbons (Fsp3) is 0.167. The van der Waals surface area contributed by atoms with Gasteiger partial charge in [0.2, 0.25) is 11.7 Å². The van der Waals surface area contributed by atoms with Crippen molar-refractivity contribution < 1.29 is 14.1 Å². The summed E-state index contributed by atoms with van der Waals surface area (Å²) in [5.41, 5.74) is 1.99. The van der Waals surface area contributed by atoms with Gasteiger partial charge in [0.1, 0.15) is 5.75 Å². The van der Waals surface area contributed by atoms with Crippen LogP contribution in [0.5, 0.6) is 5.75 Å². The van der Waals surface area contributed by atoms with E-state index in [0.717, 1.165) is 14.7 Å². The van der Waals surface area contributed by atoms with Gasteiger partial charge in [-0.05, 0) is 59.8 Å². The number of amides is 1. The van der Waals surface area contributed by atoms with Crippen LogP contribution in [0.3, 0.4) is 0 Å². The Hall–Kier alpha value is -2.42. The normalized spacial score (nSPS) is 10.5. The van der Waals surface area contributed by atoms with Crippen LogP contribution in [0.25, 0.3) is 11.4 Å². The monoisotopic (exact) mass is 449 g/mol. The van der Waals surface area contributed by atoms with Crippen LogP contribution in [-0.4, -0.2) is 22.7 Å². The van der Waals surface area contributed by atoms with E-state index in [2.05, 4.69) is 38.0 Å². The summed E-state index contributed by atoms with van der Waals surface area (Å²) >= 11 is 2.21. The Kier molecular flexibility index (Phi) is 5.64. The van der Waals surface area contributed by atoms with Crippen LogP contribution in [0.4, 0.5) is 0 Å². The van der Waals surface area contributed by atoms with Gasteiger partial charge < -0.3 is 14.6 Å². The number of nitrogens with one attached hydrogen (secondary N) is 1. The van der Waals surface area contributed by atoms with Gasteiger partial charge >= 0.3 is 0 Å². The predicted molar refractivity (Wildman–Crippen MR) is 101 cm³/mol. The van der Waals surface area contributed by atoms with Crippen LogP contribution >= 0.6 is 22.6 Å². The molecule has 0 fully saturated rings. The first-order valence-electron chi connectivity index (χ1n) is 7.65. The third-order valence-corrected chi connectivity index (χ3v) is 4.08. The van der Waals surface area contributed by atoms with Gasteiger partial charge in [-0.3, -0.25) is 4.79 Å². The van der Waals surface area contributed by atoms with E-state index < -0.39 is 0 Å². The number of rotatable bonds is 6. The summed E-state index contributed by atoms with van der Waals surface area (Å²) in [6.45, 7) is 2.09. The van der Waals surface area contributed by atoms with Crippen LogP contribution in [-0.2, 0) is 11.3 Å². The fourth-order valence-corrected chi connectivity index (χ4v) is 2.49. The highest BCUT2D eigenvalue weighted by molar-refractivity contribution is 14.1. The van der Waals surface area contributed by atoms with Gasteiger partial charge in [-0.25, -0.2) is 0 Å². The van der Waals surface area contributed by atoms with Gasteiger partial charge in [0.05, 0.1) is 6.54 Å². The van der Waals surface area contributed by atoms with Gasteiger partial charge in [0.25, 0.3) is 5.91 Å². The van der Waals surface area contributed by atoms with E-state index in [4.69, 9.17) is 9.26 Å². The molecule has 0 saturated heterocycles. The lowest BCUT2D eigenvalue weighted by Gasteiger charge is -2.06. The molecule has 0 atom stereocenters. The van der Waals surface area contributed by atoms with Crippen molar-refractivity contribution in [2.75, 3.05) is 6.61 Å². The summed E-state index contributed by atoms with van der Waals surface area (Å²) < 4.78 is 11.7. The van der Waals surface area contributed by atoms with Gasteiger partial charge in [0.15, 0.2) is 6.61 Å². The molecule has 1 aromatic heterocycles. The number of carbonyl (C=O) groups is 1. The first kappa shape index (κ1) is 17.4. The van der Waals surface area contributed by atoms with Gasteiger partial charge in [0, 0.05) is 9.13 Å². The number of ether oxygens (including phenoxy) is 1. The quantitative estimate of drug-likeness (QED) is 0.585. The SMILES string of the molecule is Cc1cccc(-c2noc(CNC(=O)COc3ccc(I)cc3)n2)c1. The third-order valence-electron chi connectivity index (χ3n) is 3.36. The van der Waals surface area contributed by atoms with Crippen molar-refractivity contribution in [1.29, 1.82) is 0 Å². The maximum absolute atomic E-state index is 11.9. The maximum Gasteiger partial charge on any atom is 0.258 e. The molecular weight excluding hydrogens is 433 g/mol. The molecule has 1 N–H and O–H groups in total. The molecule has 3 aromatic rings. The van der Waals surface area contributed by atoms with E-state index in [1.165, 1.54) is 0 Å². The molecule has 0 radical (unpaired) electrons. The molecule has 0 spiro atoms. The molecule has 0 aliphatic carbocycles. The summed E-state index contributed by atoms with van der Waals surface area (Å²) in [7, 11) is 0. The minimum atomic E-state index is -0.256. The van der Waals surface area contributed by atoms with Crippen molar-refractivity contribution >= 4 is 28.5 Å². The zero-order valence-electron chi connectivity index (χ0n) is 13.5. The molecule has 2 aromatic carbocycles. The lowest BCUT2D eigenvalue weighted by Crippen LogP contribution is -2.28. The van der Waals surface area contributed by atoms with Gasteiger partial charge in [-0.15, -0.1) is 0 Å². The molecule has 128 valence electrons. The summed E-state index contributed by atoms with van der Waals surface area (Å²) in [5, 5.41) is 6.63. The summed E-state index contributed by atoms with van der Waals surface area (Å²) in [6, 6.07) is 15.3. The maximum atomic E-state index is 11.9. The van der Waals surface area contributed by atoms with Crippen LogP contribution in [0.2, 0.25) is 0 Å². The average Bonchev–Trinajstić information content (AvgIpc) is 3.08. The molecule has 0 aliphatic rings. The first-order chi connectivity index (χ1) is 12.1. The number of nitrogens with zero attached hydrogens (tertiary/aromatic N) is 2. The minimum Gasteiger partial charge on any atom is -0.484 e. The molecule has 0 unspecified atom stereocenters. The second-order valence-corrected chi connectivity index (χ2v) is 6.65. The highest BCUT2D eigenvalue weighted by atomic mass is 127. The van der Waals surface area contributed by atoms with E-state index in [1.807, 2.05) is 55.5 Å². The summed E-state index contributed by atoms with van der Waals surface area (Å²) in [4.78, 5) is 16.1. The number of carbonyl (C=O) groups excluding carboxylic acids is 1. The Morgan fingerprint density at radius 1 is 1.24 bits per heavy atom. The average molecular weight is 449 g/mol. The third kappa shape index (κ3) is 5.02. The van der Waals surface area contributed by atoms with Crippen molar-refractivity contribution in [2.24, 2.45) is 0 Å². The summed E-state index contributed by atoms with van der Waals surface area (Å²) in [5.74, 6) is 1.24. The number of benzene rings is 2.